The number of amides is 1. The number of carbonyl (C=O) groups is 1. The molecule has 0 N–H and O–H groups in total. The normalized spacial score (nSPS) is 27.1. The summed E-state index contributed by atoms with van der Waals surface area (Å²) in [6.07, 6.45) is 4.91. The highest BCUT2D eigenvalue weighted by Gasteiger charge is 2.56. The second-order valence-electron chi connectivity index (χ2n) is 11.5. The van der Waals surface area contributed by atoms with Crippen molar-refractivity contribution in [3.63, 3.8) is 0 Å². The number of aromatic nitrogens is 3. The van der Waals surface area contributed by atoms with E-state index < -0.39 is 5.60 Å². The zero-order chi connectivity index (χ0) is 26.5. The van der Waals surface area contributed by atoms with Crippen molar-refractivity contribution in [2.45, 2.75) is 76.7 Å². The number of hydrogen-bond acceptors (Lipinski definition) is 9. The minimum Gasteiger partial charge on any atom is -0.444 e. The third-order valence-electron chi connectivity index (χ3n) is 7.66. The first kappa shape index (κ1) is 25.2. The van der Waals surface area contributed by atoms with Gasteiger partial charge in [-0.05, 0) is 59.6 Å². The first-order valence-corrected chi connectivity index (χ1v) is 12.8. The van der Waals surface area contributed by atoms with Crippen molar-refractivity contribution in [1.29, 1.82) is 5.26 Å². The molecule has 4 heterocycles. The van der Waals surface area contributed by atoms with Crippen LogP contribution in [0.15, 0.2) is 24.7 Å². The van der Waals surface area contributed by atoms with Crippen LogP contribution in [0.2, 0.25) is 0 Å². The Morgan fingerprint density at radius 2 is 1.86 bits per heavy atom. The summed E-state index contributed by atoms with van der Waals surface area (Å²) in [5, 5.41) is 9.44. The van der Waals surface area contributed by atoms with Gasteiger partial charge in [0.2, 0.25) is 0 Å². The molecule has 10 heteroatoms. The fourth-order valence-corrected chi connectivity index (χ4v) is 5.85. The predicted molar refractivity (Wildman–Crippen MR) is 139 cm³/mol. The van der Waals surface area contributed by atoms with Crippen LogP contribution in [-0.2, 0) is 14.9 Å². The van der Waals surface area contributed by atoms with Crippen molar-refractivity contribution in [2.75, 3.05) is 36.5 Å². The highest BCUT2D eigenvalue weighted by Crippen LogP contribution is 2.57. The molecular weight excluding hydrogens is 470 g/mol. The van der Waals surface area contributed by atoms with Crippen molar-refractivity contribution in [3.8, 4) is 6.07 Å². The number of piperazine rings is 1. The van der Waals surface area contributed by atoms with E-state index in [4.69, 9.17) is 19.4 Å². The maximum Gasteiger partial charge on any atom is 0.410 e. The summed E-state index contributed by atoms with van der Waals surface area (Å²) in [5.74, 6) is 2.44. The van der Waals surface area contributed by atoms with Gasteiger partial charge >= 0.3 is 6.09 Å². The zero-order valence-electron chi connectivity index (χ0n) is 22.4. The molecule has 0 bridgehead atoms. The Balaban J connectivity index is 1.50. The number of pyridine rings is 1. The van der Waals surface area contributed by atoms with E-state index in [1.165, 1.54) is 0 Å². The summed E-state index contributed by atoms with van der Waals surface area (Å²) in [6, 6.07) is 5.71. The average molecular weight is 506 g/mol. The minimum atomic E-state index is -0.542. The molecule has 2 atom stereocenters. The van der Waals surface area contributed by atoms with Crippen LogP contribution in [0.5, 0.6) is 0 Å². The number of fused-ring (bicyclic) bond motifs is 2. The molecule has 2 aliphatic heterocycles. The highest BCUT2D eigenvalue weighted by atomic mass is 16.6. The van der Waals surface area contributed by atoms with E-state index in [1.807, 2.05) is 32.6 Å². The quantitative estimate of drug-likeness (QED) is 0.616. The predicted octanol–water partition coefficient (Wildman–Crippen LogP) is 3.78. The van der Waals surface area contributed by atoms with E-state index >= 15 is 0 Å². The van der Waals surface area contributed by atoms with Gasteiger partial charge in [0, 0.05) is 56.0 Å². The van der Waals surface area contributed by atoms with Crippen LogP contribution < -0.4 is 9.80 Å². The number of ether oxygens (including phenoxy) is 2. The third-order valence-corrected chi connectivity index (χ3v) is 7.66. The fourth-order valence-electron chi connectivity index (χ4n) is 5.85. The van der Waals surface area contributed by atoms with E-state index in [1.54, 1.807) is 31.8 Å². The maximum atomic E-state index is 12.9. The van der Waals surface area contributed by atoms with Gasteiger partial charge in [-0.3, -0.25) is 0 Å². The van der Waals surface area contributed by atoms with Gasteiger partial charge in [0.1, 0.15) is 29.4 Å². The summed E-state index contributed by atoms with van der Waals surface area (Å²) >= 11 is 0. The van der Waals surface area contributed by atoms with Gasteiger partial charge < -0.3 is 24.2 Å². The fraction of sp³-hybridized carbons (Fsp3) is 0.593. The molecule has 10 nitrogen and oxygen atoms in total. The van der Waals surface area contributed by atoms with Crippen LogP contribution in [0, 0.1) is 11.3 Å². The van der Waals surface area contributed by atoms with Crippen LogP contribution in [-0.4, -0.2) is 76.5 Å². The average Bonchev–Trinajstić information content (AvgIpc) is 3.19. The molecule has 3 aliphatic rings. The van der Waals surface area contributed by atoms with Gasteiger partial charge in [-0.15, -0.1) is 0 Å². The summed E-state index contributed by atoms with van der Waals surface area (Å²) in [7, 11) is 1.76. The number of methoxy groups -OCH3 is 1. The van der Waals surface area contributed by atoms with E-state index in [-0.39, 0.29) is 29.7 Å². The zero-order valence-corrected chi connectivity index (χ0v) is 22.4. The molecule has 1 amide bonds. The molecule has 196 valence electrons. The number of nitrogens with zero attached hydrogens (tertiary/aromatic N) is 7. The maximum absolute atomic E-state index is 12.9. The van der Waals surface area contributed by atoms with Gasteiger partial charge in [-0.1, -0.05) is 0 Å². The second-order valence-corrected chi connectivity index (χ2v) is 11.5. The van der Waals surface area contributed by atoms with Crippen molar-refractivity contribution < 1.29 is 14.3 Å². The molecule has 0 radical (unpaired) electrons. The van der Waals surface area contributed by atoms with E-state index in [9.17, 15) is 10.1 Å². The van der Waals surface area contributed by atoms with Crippen molar-refractivity contribution in [3.05, 3.63) is 35.8 Å². The Bertz CT molecular complexity index is 1230. The molecule has 2 aromatic heterocycles. The standard InChI is InChI=1S/C27H35N7O3/c1-17-14-33(25(35)37-26(3,4)5)18(2)13-32(17)23-22-24(31-16-30-23)34(15-27(22)10-20(11-27)36-6)21-9-19(12-28)7-8-29-21/h7-9,16-18,20H,10-11,13-15H2,1-6H3/t17-,18+,20?,27?/m0/s1. The Labute approximate surface area is 218 Å². The Kier molecular flexibility index (Phi) is 6.23. The molecule has 5 rings (SSSR count). The second kappa shape index (κ2) is 9.14. The summed E-state index contributed by atoms with van der Waals surface area (Å²) in [6.45, 7) is 11.7. The van der Waals surface area contributed by atoms with Crippen molar-refractivity contribution in [1.82, 2.24) is 19.9 Å². The Morgan fingerprint density at radius 1 is 1.14 bits per heavy atom. The highest BCUT2D eigenvalue weighted by molar-refractivity contribution is 5.75. The van der Waals surface area contributed by atoms with Crippen LogP contribution in [0.4, 0.5) is 22.2 Å². The van der Waals surface area contributed by atoms with E-state index in [0.717, 1.165) is 30.0 Å². The summed E-state index contributed by atoms with van der Waals surface area (Å²) < 4.78 is 11.3. The first-order chi connectivity index (χ1) is 17.5. The largest absolute Gasteiger partial charge is 0.444 e. The molecule has 0 aromatic carbocycles. The lowest BCUT2D eigenvalue weighted by Crippen LogP contribution is -2.59. The number of carbonyl (C=O) groups excluding carboxylic acids is 1. The molecular formula is C27H35N7O3. The molecule has 1 spiro atoms. The summed E-state index contributed by atoms with van der Waals surface area (Å²) in [5.41, 5.74) is 0.963. The lowest BCUT2D eigenvalue weighted by molar-refractivity contribution is -0.0119. The summed E-state index contributed by atoms with van der Waals surface area (Å²) in [4.78, 5) is 33.2. The van der Waals surface area contributed by atoms with Gasteiger partial charge in [0.15, 0.2) is 0 Å². The SMILES string of the molecule is COC1CC2(C1)CN(c1cc(C#N)ccn1)c1ncnc(N3C[C@@H](C)N(C(=O)OC(C)(C)C)C[C@@H]3C)c12. The van der Waals surface area contributed by atoms with E-state index in [2.05, 4.69) is 27.8 Å². The third kappa shape index (κ3) is 4.46. The first-order valence-electron chi connectivity index (χ1n) is 12.8. The monoisotopic (exact) mass is 505 g/mol. The minimum absolute atomic E-state index is 0.0344. The van der Waals surface area contributed by atoms with Crippen molar-refractivity contribution in [2.24, 2.45) is 0 Å². The van der Waals surface area contributed by atoms with E-state index in [0.29, 0.717) is 31.0 Å². The van der Waals surface area contributed by atoms with Gasteiger partial charge in [0.05, 0.1) is 17.7 Å². The Morgan fingerprint density at radius 3 is 2.54 bits per heavy atom. The number of rotatable bonds is 3. The van der Waals surface area contributed by atoms with Crippen LogP contribution in [0.25, 0.3) is 0 Å². The van der Waals surface area contributed by atoms with Crippen LogP contribution in [0.3, 0.4) is 0 Å². The Hall–Kier alpha value is -3.45. The molecule has 1 saturated carbocycles. The lowest BCUT2D eigenvalue weighted by atomic mass is 9.64. The van der Waals surface area contributed by atoms with Crippen LogP contribution >= 0.6 is 0 Å². The number of nitriles is 1. The molecule has 0 unspecified atom stereocenters. The molecule has 2 fully saturated rings. The van der Waals surface area contributed by atoms with Crippen molar-refractivity contribution >= 4 is 23.5 Å². The smallest absolute Gasteiger partial charge is 0.410 e. The molecule has 37 heavy (non-hydrogen) atoms. The number of anilines is 3. The topological polar surface area (TPSA) is 108 Å². The van der Waals surface area contributed by atoms with Gasteiger partial charge in [-0.2, -0.15) is 5.26 Å². The molecule has 1 aliphatic carbocycles. The molecule has 1 saturated heterocycles. The lowest BCUT2D eigenvalue weighted by Gasteiger charge is -2.48. The van der Waals surface area contributed by atoms with Gasteiger partial charge in [0.25, 0.3) is 0 Å². The molecule has 2 aromatic rings. The van der Waals surface area contributed by atoms with Gasteiger partial charge in [-0.25, -0.2) is 19.7 Å². The number of hydrogen-bond donors (Lipinski definition) is 0. The van der Waals surface area contributed by atoms with Crippen LogP contribution in [0.1, 0.15) is 58.6 Å².